The first-order chi connectivity index (χ1) is 24.6. The van der Waals surface area contributed by atoms with E-state index in [1.54, 1.807) is 0 Å². The van der Waals surface area contributed by atoms with Crippen LogP contribution >= 0.6 is 0 Å². The van der Waals surface area contributed by atoms with Crippen molar-refractivity contribution >= 4 is 32.7 Å². The van der Waals surface area contributed by atoms with E-state index in [-0.39, 0.29) is 5.41 Å². The largest absolute Gasteiger partial charge is 0.457 e. The Balaban J connectivity index is 1.25. The van der Waals surface area contributed by atoms with Gasteiger partial charge in [0.15, 0.2) is 0 Å². The Kier molecular flexibility index (Phi) is 8.02. The molecule has 0 spiro atoms. The molecule has 0 aliphatic heterocycles. The predicted octanol–water partition coefficient (Wildman–Crippen LogP) is 12.5. The molecule has 0 N–H and O–H groups in total. The molecule has 8 aromatic rings. The molecule has 0 bridgehead atoms. The first-order valence-electron chi connectivity index (χ1n) is 18.0. The van der Waals surface area contributed by atoms with Gasteiger partial charge in [0.1, 0.15) is 17.3 Å². The second-order valence-corrected chi connectivity index (χ2v) is 15.2. The Morgan fingerprint density at radius 3 is 2.02 bits per heavy atom. The number of benzene rings is 5. The van der Waals surface area contributed by atoms with Crippen molar-refractivity contribution < 1.29 is 4.74 Å². The number of para-hydroxylation sites is 1. The fraction of sp³-hybridized carbons (Fsp3) is 0.217. The molecule has 0 aliphatic rings. The van der Waals surface area contributed by atoms with Crippen molar-refractivity contribution in [2.45, 2.75) is 65.7 Å². The molecule has 3 heterocycles. The van der Waals surface area contributed by atoms with Gasteiger partial charge in [0, 0.05) is 40.1 Å². The summed E-state index contributed by atoms with van der Waals surface area (Å²) in [5.41, 5.74) is 10.4. The molecule has 8 rings (SSSR count). The van der Waals surface area contributed by atoms with Crippen molar-refractivity contribution in [3.63, 3.8) is 0 Å². The number of ether oxygens (including phenoxy) is 1. The van der Waals surface area contributed by atoms with E-state index >= 15 is 0 Å². The van der Waals surface area contributed by atoms with E-state index < -0.39 is 0 Å². The number of fused-ring (bicyclic) bond motifs is 4. The number of aromatic nitrogens is 4. The lowest BCUT2D eigenvalue weighted by atomic mass is 9.86. The van der Waals surface area contributed by atoms with E-state index in [0.717, 1.165) is 56.0 Å². The van der Waals surface area contributed by atoms with Crippen molar-refractivity contribution in [2.24, 2.45) is 0 Å². The Morgan fingerprint density at radius 1 is 0.608 bits per heavy atom. The molecule has 5 heteroatoms. The van der Waals surface area contributed by atoms with Crippen LogP contribution in [0.5, 0.6) is 11.5 Å². The standard InChI is InChI=1S/C46H44N4O/c1-29(2)35-18-13-19-36(30(3)4)44(35)45-39-17-8-10-20-40(39)48-50(45)32-14-12-15-33(27-32)51-34-22-23-38-37-16-9-11-21-41(37)49(42(38)28-34)43-26-31(24-25-47-43)46(5,6)7/h8-30H,1-7H3. The zero-order valence-corrected chi connectivity index (χ0v) is 30.5. The Hall–Kier alpha value is -5.68. The third kappa shape index (κ3) is 5.77. The fourth-order valence-electron chi connectivity index (χ4n) is 7.37. The molecule has 0 amide bonds. The lowest BCUT2D eigenvalue weighted by Crippen LogP contribution is -2.12. The van der Waals surface area contributed by atoms with Gasteiger partial charge >= 0.3 is 0 Å². The van der Waals surface area contributed by atoms with Crippen LogP contribution in [0.2, 0.25) is 0 Å². The Morgan fingerprint density at radius 2 is 1.27 bits per heavy atom. The van der Waals surface area contributed by atoms with E-state index in [0.29, 0.717) is 11.8 Å². The van der Waals surface area contributed by atoms with Crippen LogP contribution in [0.3, 0.4) is 0 Å². The highest BCUT2D eigenvalue weighted by molar-refractivity contribution is 6.09. The first kappa shape index (κ1) is 32.5. The van der Waals surface area contributed by atoms with Gasteiger partial charge in [-0.2, -0.15) is 5.10 Å². The van der Waals surface area contributed by atoms with Gasteiger partial charge in [0.25, 0.3) is 0 Å². The maximum absolute atomic E-state index is 6.68. The average molecular weight is 669 g/mol. The summed E-state index contributed by atoms with van der Waals surface area (Å²) in [6.07, 6.45) is 1.92. The lowest BCUT2D eigenvalue weighted by molar-refractivity contribution is 0.483. The highest BCUT2D eigenvalue weighted by Gasteiger charge is 2.23. The highest BCUT2D eigenvalue weighted by Crippen LogP contribution is 2.41. The van der Waals surface area contributed by atoms with Gasteiger partial charge < -0.3 is 4.74 Å². The van der Waals surface area contributed by atoms with Crippen LogP contribution in [0.4, 0.5) is 0 Å². The monoisotopic (exact) mass is 668 g/mol. The van der Waals surface area contributed by atoms with Crippen LogP contribution in [0.1, 0.15) is 77.0 Å². The average Bonchev–Trinajstić information content (AvgIpc) is 3.67. The zero-order chi connectivity index (χ0) is 35.4. The quantitative estimate of drug-likeness (QED) is 0.170. The fourth-order valence-corrected chi connectivity index (χ4v) is 7.37. The molecule has 5 aromatic carbocycles. The zero-order valence-electron chi connectivity index (χ0n) is 30.5. The minimum Gasteiger partial charge on any atom is -0.457 e. The van der Waals surface area contributed by atoms with Gasteiger partial charge in [-0.25, -0.2) is 9.67 Å². The highest BCUT2D eigenvalue weighted by atomic mass is 16.5. The minimum absolute atomic E-state index is 0.00322. The van der Waals surface area contributed by atoms with Crippen LogP contribution in [0.15, 0.2) is 128 Å². The molecule has 51 heavy (non-hydrogen) atoms. The Bertz CT molecular complexity index is 2540. The molecule has 0 saturated carbocycles. The van der Waals surface area contributed by atoms with Gasteiger partial charge in [-0.05, 0) is 82.5 Å². The molecule has 0 fully saturated rings. The molecular formula is C46H44N4O. The van der Waals surface area contributed by atoms with Crippen LogP contribution in [0.25, 0.3) is 55.5 Å². The van der Waals surface area contributed by atoms with Crippen LogP contribution in [-0.4, -0.2) is 19.3 Å². The molecule has 3 aromatic heterocycles. The molecule has 0 radical (unpaired) electrons. The Labute approximate surface area is 300 Å². The summed E-state index contributed by atoms with van der Waals surface area (Å²) < 4.78 is 11.0. The molecule has 0 aliphatic carbocycles. The first-order valence-corrected chi connectivity index (χ1v) is 18.0. The normalized spacial score (nSPS) is 12.2. The smallest absolute Gasteiger partial charge is 0.137 e. The molecule has 0 unspecified atom stereocenters. The summed E-state index contributed by atoms with van der Waals surface area (Å²) in [7, 11) is 0. The summed E-state index contributed by atoms with van der Waals surface area (Å²) >= 11 is 0. The second kappa shape index (κ2) is 12.6. The lowest BCUT2D eigenvalue weighted by Gasteiger charge is -2.21. The number of rotatable bonds is 7. The van der Waals surface area contributed by atoms with Crippen molar-refractivity contribution in [1.29, 1.82) is 0 Å². The second-order valence-electron chi connectivity index (χ2n) is 15.2. The summed E-state index contributed by atoms with van der Waals surface area (Å²) in [6.45, 7) is 15.8. The molecule has 254 valence electrons. The van der Waals surface area contributed by atoms with E-state index in [4.69, 9.17) is 14.8 Å². The van der Waals surface area contributed by atoms with E-state index in [1.165, 1.54) is 27.6 Å². The van der Waals surface area contributed by atoms with Crippen molar-refractivity contribution in [2.75, 3.05) is 0 Å². The molecular weight excluding hydrogens is 625 g/mol. The van der Waals surface area contributed by atoms with Crippen LogP contribution in [-0.2, 0) is 5.41 Å². The van der Waals surface area contributed by atoms with Gasteiger partial charge in [0.05, 0.1) is 27.9 Å². The molecule has 0 atom stereocenters. The minimum atomic E-state index is 0.00322. The van der Waals surface area contributed by atoms with Crippen molar-refractivity contribution in [3.8, 4) is 34.3 Å². The number of pyridine rings is 1. The van der Waals surface area contributed by atoms with Gasteiger partial charge in [-0.1, -0.05) is 109 Å². The van der Waals surface area contributed by atoms with Gasteiger partial charge in [-0.3, -0.25) is 4.57 Å². The van der Waals surface area contributed by atoms with Crippen molar-refractivity contribution in [3.05, 3.63) is 144 Å². The third-order valence-electron chi connectivity index (χ3n) is 9.97. The van der Waals surface area contributed by atoms with Crippen molar-refractivity contribution in [1.82, 2.24) is 19.3 Å². The SMILES string of the molecule is CC(C)c1cccc(C(C)C)c1-c1c2ccccc2nn1-c1cccc(Oc2ccc3c4ccccc4n(-c4cc(C(C)(C)C)ccn4)c3c2)c1. The maximum atomic E-state index is 6.68. The summed E-state index contributed by atoms with van der Waals surface area (Å²) in [5.74, 6) is 3.11. The van der Waals surface area contributed by atoms with Crippen LogP contribution < -0.4 is 4.74 Å². The van der Waals surface area contributed by atoms with E-state index in [9.17, 15) is 0 Å². The molecule has 5 nitrogen and oxygen atoms in total. The maximum Gasteiger partial charge on any atom is 0.137 e. The summed E-state index contributed by atoms with van der Waals surface area (Å²) in [5, 5.41) is 8.68. The van der Waals surface area contributed by atoms with Gasteiger partial charge in [-0.15, -0.1) is 0 Å². The van der Waals surface area contributed by atoms with E-state index in [1.807, 2.05) is 12.3 Å². The predicted molar refractivity (Wildman–Crippen MR) is 212 cm³/mol. The summed E-state index contributed by atoms with van der Waals surface area (Å²) in [6, 6.07) is 42.7. The topological polar surface area (TPSA) is 44.9 Å². The number of hydrogen-bond acceptors (Lipinski definition) is 3. The molecule has 0 saturated heterocycles. The number of hydrogen-bond donors (Lipinski definition) is 0. The third-order valence-corrected chi connectivity index (χ3v) is 9.97. The summed E-state index contributed by atoms with van der Waals surface area (Å²) in [4.78, 5) is 4.85. The van der Waals surface area contributed by atoms with E-state index in [2.05, 4.69) is 173 Å². The van der Waals surface area contributed by atoms with Gasteiger partial charge in [0.2, 0.25) is 0 Å². The number of nitrogens with zero attached hydrogens (tertiary/aromatic N) is 4. The van der Waals surface area contributed by atoms with Crippen LogP contribution in [0, 0.1) is 0 Å².